The van der Waals surface area contributed by atoms with Crippen LogP contribution in [0.15, 0.2) is 0 Å². The topological polar surface area (TPSA) is 136 Å². The molecule has 18 heavy (non-hydrogen) atoms. The average Bonchev–Trinajstić information content (AvgIpc) is 2.31. The highest BCUT2D eigenvalue weighted by molar-refractivity contribution is 7.86. The van der Waals surface area contributed by atoms with Crippen molar-refractivity contribution in [2.24, 2.45) is 0 Å². The first-order valence-corrected chi connectivity index (χ1v) is 6.26. The van der Waals surface area contributed by atoms with Crippen molar-refractivity contribution in [2.45, 2.75) is 12.5 Å². The zero-order valence-electron chi connectivity index (χ0n) is 9.49. The van der Waals surface area contributed by atoms with Gasteiger partial charge in [-0.2, -0.15) is 8.42 Å². The second-order valence-corrected chi connectivity index (χ2v) is 4.89. The van der Waals surface area contributed by atoms with Crippen molar-refractivity contribution in [3.63, 3.8) is 0 Å². The lowest BCUT2D eigenvalue weighted by Crippen LogP contribution is -2.40. The molecule has 2 N–H and O–H groups in total. The Balaban J connectivity index is 4.09. The second-order valence-electron chi connectivity index (χ2n) is 3.04. The molecule has 104 valence electrons. The molecule has 0 saturated heterocycles. The predicted octanol–water partition coefficient (Wildman–Crippen LogP) is -1.90. The summed E-state index contributed by atoms with van der Waals surface area (Å²) in [5, 5.41) is 10.5. The first kappa shape index (κ1) is 16.3. The number of carbonyl (C=O) groups is 3. The van der Waals surface area contributed by atoms with Gasteiger partial charge in [-0.25, -0.2) is 4.79 Å². The lowest BCUT2D eigenvalue weighted by molar-refractivity contribution is -0.149. The molecule has 0 fully saturated rings. The fraction of sp³-hybridized carbons (Fsp3) is 0.625. The summed E-state index contributed by atoms with van der Waals surface area (Å²) in [6, 6.07) is -1.37. The zero-order chi connectivity index (χ0) is 14.2. The van der Waals surface area contributed by atoms with Crippen LogP contribution in [0.1, 0.15) is 6.42 Å². The van der Waals surface area contributed by atoms with Crippen LogP contribution >= 0.6 is 0 Å². The van der Waals surface area contributed by atoms with Crippen LogP contribution in [0, 0.1) is 0 Å². The number of amides is 1. The van der Waals surface area contributed by atoms with Crippen LogP contribution in [0.5, 0.6) is 0 Å². The number of hydrogen-bond acceptors (Lipinski definition) is 7. The van der Waals surface area contributed by atoms with E-state index >= 15 is 0 Å². The van der Waals surface area contributed by atoms with Gasteiger partial charge in [-0.15, -0.1) is 0 Å². The number of carboxylic acid groups (broad SMARTS) is 1. The molecule has 0 aliphatic carbocycles. The van der Waals surface area contributed by atoms with Crippen LogP contribution in [0.4, 0.5) is 0 Å². The van der Waals surface area contributed by atoms with Gasteiger partial charge >= 0.3 is 11.9 Å². The third-order valence-corrected chi connectivity index (χ3v) is 3.00. The molecule has 0 aliphatic heterocycles. The van der Waals surface area contributed by atoms with Crippen LogP contribution in [0.2, 0.25) is 0 Å². The Kier molecular flexibility index (Phi) is 6.90. The largest absolute Gasteiger partial charge is 0.480 e. The average molecular weight is 283 g/mol. The van der Waals surface area contributed by atoms with Crippen molar-refractivity contribution in [1.29, 1.82) is 0 Å². The lowest BCUT2D eigenvalue weighted by Gasteiger charge is -2.11. The highest BCUT2D eigenvalue weighted by atomic mass is 32.2. The SMILES string of the molecule is COS(=O)(=O)CCC(=O)OCC(NC=O)C(=O)O. The van der Waals surface area contributed by atoms with Crippen LogP contribution in [0.3, 0.4) is 0 Å². The summed E-state index contributed by atoms with van der Waals surface area (Å²) < 4.78 is 30.3. The summed E-state index contributed by atoms with van der Waals surface area (Å²) in [5.41, 5.74) is 0. The van der Waals surface area contributed by atoms with E-state index in [1.54, 1.807) is 0 Å². The predicted molar refractivity (Wildman–Crippen MR) is 57.0 cm³/mol. The summed E-state index contributed by atoms with van der Waals surface area (Å²) in [6.45, 7) is -0.583. The van der Waals surface area contributed by atoms with Gasteiger partial charge in [0.05, 0.1) is 19.3 Å². The molecule has 9 nitrogen and oxygen atoms in total. The summed E-state index contributed by atoms with van der Waals surface area (Å²) in [7, 11) is -2.82. The fourth-order valence-corrected chi connectivity index (χ4v) is 1.40. The number of hydrogen-bond donors (Lipinski definition) is 2. The lowest BCUT2D eigenvalue weighted by atomic mass is 10.3. The maximum Gasteiger partial charge on any atom is 0.329 e. The van der Waals surface area contributed by atoms with Crippen LogP contribution in [-0.4, -0.2) is 57.4 Å². The molecule has 0 aromatic rings. The van der Waals surface area contributed by atoms with Gasteiger partial charge in [0.2, 0.25) is 6.41 Å². The summed E-state index contributed by atoms with van der Waals surface area (Å²) in [4.78, 5) is 31.7. The highest BCUT2D eigenvalue weighted by Gasteiger charge is 2.19. The molecule has 0 saturated carbocycles. The molecule has 0 aliphatic rings. The number of rotatable bonds is 9. The van der Waals surface area contributed by atoms with Crippen molar-refractivity contribution in [3.8, 4) is 0 Å². The van der Waals surface area contributed by atoms with E-state index in [9.17, 15) is 22.8 Å². The van der Waals surface area contributed by atoms with E-state index in [0.717, 1.165) is 7.11 Å². The van der Waals surface area contributed by atoms with Crippen LogP contribution in [-0.2, 0) is 33.4 Å². The Hall–Kier alpha value is -1.68. The number of carboxylic acids is 1. The van der Waals surface area contributed by atoms with Gasteiger partial charge in [-0.1, -0.05) is 0 Å². The monoisotopic (exact) mass is 283 g/mol. The number of nitrogens with one attached hydrogen (secondary N) is 1. The molecule has 0 spiro atoms. The molecule has 0 bridgehead atoms. The van der Waals surface area contributed by atoms with E-state index in [4.69, 9.17) is 5.11 Å². The molecule has 10 heteroatoms. The molecule has 0 aromatic heterocycles. The molecular formula is C8H13NO8S. The van der Waals surface area contributed by atoms with E-state index in [-0.39, 0.29) is 6.41 Å². The molecule has 0 radical (unpaired) electrons. The van der Waals surface area contributed by atoms with Gasteiger partial charge in [0.15, 0.2) is 6.04 Å². The van der Waals surface area contributed by atoms with Gasteiger partial charge < -0.3 is 15.2 Å². The Morgan fingerprint density at radius 3 is 2.50 bits per heavy atom. The molecule has 1 unspecified atom stereocenters. The number of aliphatic carboxylic acids is 1. The van der Waals surface area contributed by atoms with Crippen molar-refractivity contribution in [1.82, 2.24) is 5.32 Å². The normalized spacial score (nSPS) is 12.5. The Morgan fingerprint density at radius 2 is 2.06 bits per heavy atom. The Morgan fingerprint density at radius 1 is 1.44 bits per heavy atom. The van der Waals surface area contributed by atoms with Crippen molar-refractivity contribution in [3.05, 3.63) is 0 Å². The number of carbonyl (C=O) groups excluding carboxylic acids is 2. The second kappa shape index (κ2) is 7.61. The number of ether oxygens (including phenoxy) is 1. The molecule has 1 amide bonds. The molecular weight excluding hydrogens is 270 g/mol. The molecule has 0 heterocycles. The minimum absolute atomic E-state index is 0.155. The minimum Gasteiger partial charge on any atom is -0.480 e. The van der Waals surface area contributed by atoms with Crippen LogP contribution in [0.25, 0.3) is 0 Å². The molecule has 1 atom stereocenters. The van der Waals surface area contributed by atoms with Gasteiger partial charge in [0, 0.05) is 0 Å². The van der Waals surface area contributed by atoms with E-state index in [0.29, 0.717) is 0 Å². The summed E-state index contributed by atoms with van der Waals surface area (Å²) in [5.74, 6) is -2.85. The summed E-state index contributed by atoms with van der Waals surface area (Å²) >= 11 is 0. The molecule has 0 rings (SSSR count). The third-order valence-electron chi connectivity index (χ3n) is 1.79. The quantitative estimate of drug-likeness (QED) is 0.284. The highest BCUT2D eigenvalue weighted by Crippen LogP contribution is 1.97. The van der Waals surface area contributed by atoms with Crippen molar-refractivity contribution < 1.29 is 36.8 Å². The zero-order valence-corrected chi connectivity index (χ0v) is 10.3. The Bertz CT molecular complexity index is 403. The molecule has 0 aromatic carbocycles. The van der Waals surface area contributed by atoms with E-state index < -0.39 is 46.9 Å². The van der Waals surface area contributed by atoms with Gasteiger partial charge in [0.1, 0.15) is 6.61 Å². The van der Waals surface area contributed by atoms with Gasteiger partial charge in [0.25, 0.3) is 10.1 Å². The van der Waals surface area contributed by atoms with Crippen molar-refractivity contribution >= 4 is 28.5 Å². The van der Waals surface area contributed by atoms with E-state index in [2.05, 4.69) is 8.92 Å². The Labute approximate surface area is 103 Å². The standard InChI is InChI=1S/C8H13NO8S/c1-16-18(14,15)3-2-7(11)17-4-6(8(12)13)9-5-10/h5-6H,2-4H2,1H3,(H,9,10)(H,12,13). The van der Waals surface area contributed by atoms with Crippen LogP contribution < -0.4 is 5.32 Å². The number of esters is 1. The first-order valence-electron chi connectivity index (χ1n) is 4.69. The maximum absolute atomic E-state index is 11.1. The van der Waals surface area contributed by atoms with Gasteiger partial charge in [-0.3, -0.25) is 13.8 Å². The third kappa shape index (κ3) is 6.81. The van der Waals surface area contributed by atoms with E-state index in [1.165, 1.54) is 0 Å². The smallest absolute Gasteiger partial charge is 0.329 e. The van der Waals surface area contributed by atoms with E-state index in [1.807, 2.05) is 5.32 Å². The fourth-order valence-electron chi connectivity index (χ4n) is 0.813. The maximum atomic E-state index is 11.1. The van der Waals surface area contributed by atoms with Gasteiger partial charge in [-0.05, 0) is 0 Å². The summed E-state index contributed by atoms with van der Waals surface area (Å²) in [6.07, 6.45) is -0.314. The first-order chi connectivity index (χ1) is 8.32. The minimum atomic E-state index is -3.77. The van der Waals surface area contributed by atoms with Crippen molar-refractivity contribution in [2.75, 3.05) is 19.5 Å².